The van der Waals surface area contributed by atoms with E-state index in [1.165, 1.54) is 25.7 Å². The second-order valence-electron chi connectivity index (χ2n) is 3.85. The second kappa shape index (κ2) is 6.83. The van der Waals surface area contributed by atoms with Crippen LogP contribution < -0.4 is 0 Å². The minimum absolute atomic E-state index is 0.537. The molecule has 0 aromatic carbocycles. The number of nitrogens with zero attached hydrogens (tertiary/aromatic N) is 3. The highest BCUT2D eigenvalue weighted by molar-refractivity contribution is 6.28. The van der Waals surface area contributed by atoms with Crippen LogP contribution in [0.4, 0.5) is 0 Å². The molecule has 86 valence electrons. The Morgan fingerprint density at radius 3 is 2.53 bits per heavy atom. The molecule has 0 bridgehead atoms. The Kier molecular flexibility index (Phi) is 5.69. The lowest BCUT2D eigenvalue weighted by Gasteiger charge is -2.06. The Bertz CT molecular complexity index is 283. The van der Waals surface area contributed by atoms with Gasteiger partial charge >= 0.3 is 0 Å². The van der Waals surface area contributed by atoms with E-state index in [1.54, 1.807) is 0 Å². The van der Waals surface area contributed by atoms with Crippen molar-refractivity contribution in [3.8, 4) is 0 Å². The van der Waals surface area contributed by atoms with Gasteiger partial charge in [0, 0.05) is 13.0 Å². The fourth-order valence-electron chi connectivity index (χ4n) is 1.64. The van der Waals surface area contributed by atoms with Gasteiger partial charge in [-0.05, 0) is 24.4 Å². The van der Waals surface area contributed by atoms with E-state index in [4.69, 9.17) is 11.6 Å². The van der Waals surface area contributed by atoms with Crippen LogP contribution in [0.2, 0.25) is 5.28 Å². The molecule has 0 amide bonds. The molecule has 0 saturated carbocycles. The molecule has 0 fully saturated rings. The highest BCUT2D eigenvalue weighted by atomic mass is 35.5. The van der Waals surface area contributed by atoms with Crippen molar-refractivity contribution < 1.29 is 0 Å². The van der Waals surface area contributed by atoms with Crippen LogP contribution in [0.3, 0.4) is 0 Å². The zero-order valence-corrected chi connectivity index (χ0v) is 10.4. The molecule has 1 heterocycles. The van der Waals surface area contributed by atoms with Gasteiger partial charge in [0.15, 0.2) is 0 Å². The molecule has 4 heteroatoms. The summed E-state index contributed by atoms with van der Waals surface area (Å²) in [5.74, 6) is 1.03. The van der Waals surface area contributed by atoms with Crippen molar-refractivity contribution in [2.24, 2.45) is 0 Å². The number of unbranched alkanes of at least 4 members (excludes halogenated alkanes) is 3. The molecule has 0 N–H and O–H groups in total. The van der Waals surface area contributed by atoms with Gasteiger partial charge in [-0.3, -0.25) is 0 Å². The molecule has 0 saturated heterocycles. The predicted octanol–water partition coefficient (Wildman–Crippen LogP) is 3.46. The molecule has 0 aliphatic carbocycles. The van der Waals surface area contributed by atoms with Gasteiger partial charge in [-0.1, -0.05) is 33.1 Å². The molecule has 1 aromatic rings. The van der Waals surface area contributed by atoms with Crippen LogP contribution in [0.1, 0.15) is 51.8 Å². The molecule has 1 rings (SSSR count). The van der Waals surface area contributed by atoms with Crippen LogP contribution in [0.5, 0.6) is 0 Å². The second-order valence-corrected chi connectivity index (χ2v) is 4.19. The molecule has 15 heavy (non-hydrogen) atoms. The Morgan fingerprint density at radius 2 is 1.87 bits per heavy atom. The van der Waals surface area contributed by atoms with Gasteiger partial charge in [-0.2, -0.15) is 0 Å². The van der Waals surface area contributed by atoms with Crippen molar-refractivity contribution in [3.63, 3.8) is 0 Å². The van der Waals surface area contributed by atoms with Gasteiger partial charge in [0.25, 0.3) is 0 Å². The number of halogens is 1. The number of aromatic nitrogens is 3. The summed E-state index contributed by atoms with van der Waals surface area (Å²) in [5.41, 5.74) is 0. The third-order valence-corrected chi connectivity index (χ3v) is 2.77. The molecular formula is C11H20ClN3. The summed E-state index contributed by atoms with van der Waals surface area (Å²) in [6.07, 6.45) is 7.04. The molecule has 0 aliphatic rings. The van der Waals surface area contributed by atoms with E-state index in [0.717, 1.165) is 25.2 Å². The van der Waals surface area contributed by atoms with Crippen LogP contribution in [0, 0.1) is 0 Å². The van der Waals surface area contributed by atoms with E-state index in [9.17, 15) is 0 Å². The fourth-order valence-corrected chi connectivity index (χ4v) is 1.86. The SMILES string of the molecule is CCCCCCn1c(Cl)nnc1CCC. The van der Waals surface area contributed by atoms with Crippen LogP contribution in [-0.2, 0) is 13.0 Å². The third-order valence-electron chi connectivity index (χ3n) is 2.49. The number of hydrogen-bond acceptors (Lipinski definition) is 2. The minimum Gasteiger partial charge on any atom is -0.302 e. The lowest BCUT2D eigenvalue weighted by atomic mass is 10.2. The Hall–Kier alpha value is -0.570. The average molecular weight is 230 g/mol. The molecule has 0 spiro atoms. The van der Waals surface area contributed by atoms with Gasteiger partial charge in [0.2, 0.25) is 5.28 Å². The van der Waals surface area contributed by atoms with E-state index >= 15 is 0 Å². The maximum absolute atomic E-state index is 5.98. The summed E-state index contributed by atoms with van der Waals surface area (Å²) >= 11 is 5.98. The standard InChI is InChI=1S/C11H20ClN3/c1-3-5-6-7-9-15-10(8-4-2)13-14-11(15)12/h3-9H2,1-2H3. The first-order valence-electron chi connectivity index (χ1n) is 5.87. The number of rotatable bonds is 7. The van der Waals surface area contributed by atoms with Gasteiger partial charge in [-0.25, -0.2) is 0 Å². The number of aryl methyl sites for hydroxylation is 1. The summed E-state index contributed by atoms with van der Waals surface area (Å²) in [6.45, 7) is 5.32. The molecule has 0 unspecified atom stereocenters. The summed E-state index contributed by atoms with van der Waals surface area (Å²) < 4.78 is 2.04. The highest BCUT2D eigenvalue weighted by Crippen LogP contribution is 2.12. The summed E-state index contributed by atoms with van der Waals surface area (Å²) in [5, 5.41) is 8.53. The van der Waals surface area contributed by atoms with Crippen molar-refractivity contribution >= 4 is 11.6 Å². The van der Waals surface area contributed by atoms with Crippen molar-refractivity contribution in [2.45, 2.75) is 58.9 Å². The van der Waals surface area contributed by atoms with Gasteiger partial charge in [0.1, 0.15) is 5.82 Å². The molecule has 1 aromatic heterocycles. The van der Waals surface area contributed by atoms with E-state index in [2.05, 4.69) is 24.0 Å². The normalized spacial score (nSPS) is 10.9. The summed E-state index contributed by atoms with van der Waals surface area (Å²) in [7, 11) is 0. The van der Waals surface area contributed by atoms with E-state index in [-0.39, 0.29) is 0 Å². The first-order chi connectivity index (χ1) is 7.29. The van der Waals surface area contributed by atoms with Crippen molar-refractivity contribution in [1.29, 1.82) is 0 Å². The molecule has 0 aliphatic heterocycles. The first kappa shape index (κ1) is 12.5. The van der Waals surface area contributed by atoms with Crippen LogP contribution in [0.25, 0.3) is 0 Å². The molecule has 0 radical (unpaired) electrons. The maximum Gasteiger partial charge on any atom is 0.225 e. The smallest absolute Gasteiger partial charge is 0.225 e. The predicted molar refractivity (Wildman–Crippen MR) is 63.2 cm³/mol. The lowest BCUT2D eigenvalue weighted by molar-refractivity contribution is 0.562. The average Bonchev–Trinajstić information content (AvgIpc) is 2.56. The molecule has 3 nitrogen and oxygen atoms in total. The van der Waals surface area contributed by atoms with Gasteiger partial charge < -0.3 is 4.57 Å². The fraction of sp³-hybridized carbons (Fsp3) is 0.818. The largest absolute Gasteiger partial charge is 0.302 e. The Morgan fingerprint density at radius 1 is 1.07 bits per heavy atom. The zero-order valence-electron chi connectivity index (χ0n) is 9.67. The van der Waals surface area contributed by atoms with Crippen molar-refractivity contribution in [1.82, 2.24) is 14.8 Å². The monoisotopic (exact) mass is 229 g/mol. The Balaban J connectivity index is 2.46. The first-order valence-corrected chi connectivity index (χ1v) is 6.25. The van der Waals surface area contributed by atoms with Gasteiger partial charge in [-0.15, -0.1) is 10.2 Å². The lowest BCUT2D eigenvalue weighted by Crippen LogP contribution is -2.04. The summed E-state index contributed by atoms with van der Waals surface area (Å²) in [6, 6.07) is 0. The highest BCUT2D eigenvalue weighted by Gasteiger charge is 2.08. The van der Waals surface area contributed by atoms with Gasteiger partial charge in [0.05, 0.1) is 0 Å². The topological polar surface area (TPSA) is 30.7 Å². The molecular weight excluding hydrogens is 210 g/mol. The third kappa shape index (κ3) is 3.82. The van der Waals surface area contributed by atoms with Crippen LogP contribution >= 0.6 is 11.6 Å². The van der Waals surface area contributed by atoms with Crippen molar-refractivity contribution in [3.05, 3.63) is 11.1 Å². The van der Waals surface area contributed by atoms with Crippen molar-refractivity contribution in [2.75, 3.05) is 0 Å². The van der Waals surface area contributed by atoms with E-state index in [1.807, 2.05) is 4.57 Å². The number of hydrogen-bond donors (Lipinski definition) is 0. The quantitative estimate of drug-likeness (QED) is 0.671. The van der Waals surface area contributed by atoms with E-state index in [0.29, 0.717) is 5.28 Å². The van der Waals surface area contributed by atoms with Crippen LogP contribution in [0.15, 0.2) is 0 Å². The summed E-state index contributed by atoms with van der Waals surface area (Å²) in [4.78, 5) is 0. The zero-order chi connectivity index (χ0) is 11.1. The maximum atomic E-state index is 5.98. The van der Waals surface area contributed by atoms with Crippen LogP contribution in [-0.4, -0.2) is 14.8 Å². The molecule has 0 atom stereocenters. The van der Waals surface area contributed by atoms with E-state index < -0.39 is 0 Å². The minimum atomic E-state index is 0.537. The Labute approximate surface area is 96.8 Å².